The standard InChI is InChI=1S/C13H19O4P/c1-4-8-12(11-9-6-5-7-10-11)13(14)18(15,16-2)17-3/h4-7,9-10,12-14H,1,8H2,2-3H3/t12-,13-/m1/s1. The Kier molecular flexibility index (Phi) is 5.76. The largest absolute Gasteiger partial charge is 0.380 e. The molecule has 1 rings (SSSR count). The normalized spacial score (nSPS) is 15.1. The molecule has 0 amide bonds. The minimum absolute atomic E-state index is 0.366. The monoisotopic (exact) mass is 270 g/mol. The molecule has 5 heteroatoms. The molecule has 4 nitrogen and oxygen atoms in total. The molecule has 1 aromatic rings. The SMILES string of the molecule is C=CC[C@H](c1ccccc1)[C@H](O)P(=O)(OC)OC. The lowest BCUT2D eigenvalue weighted by Crippen LogP contribution is -2.20. The van der Waals surface area contributed by atoms with E-state index in [0.29, 0.717) is 6.42 Å². The van der Waals surface area contributed by atoms with Crippen LogP contribution < -0.4 is 0 Å². The molecule has 0 aromatic heterocycles. The van der Waals surface area contributed by atoms with Crippen LogP contribution in [-0.4, -0.2) is 25.2 Å². The van der Waals surface area contributed by atoms with Crippen LogP contribution in [0.25, 0.3) is 0 Å². The van der Waals surface area contributed by atoms with Gasteiger partial charge < -0.3 is 14.2 Å². The predicted octanol–water partition coefficient (Wildman–Crippen LogP) is 3.15. The van der Waals surface area contributed by atoms with Crippen molar-refractivity contribution in [1.29, 1.82) is 0 Å². The van der Waals surface area contributed by atoms with Gasteiger partial charge in [-0.3, -0.25) is 4.57 Å². The zero-order chi connectivity index (χ0) is 13.6. The molecular formula is C13H19O4P. The van der Waals surface area contributed by atoms with Crippen LogP contribution in [0.4, 0.5) is 0 Å². The van der Waals surface area contributed by atoms with Crippen LogP contribution in [-0.2, 0) is 13.6 Å². The van der Waals surface area contributed by atoms with Gasteiger partial charge in [0.1, 0.15) is 0 Å². The summed E-state index contributed by atoms with van der Waals surface area (Å²) in [6, 6.07) is 9.35. The summed E-state index contributed by atoms with van der Waals surface area (Å²) in [5, 5.41) is 10.3. The van der Waals surface area contributed by atoms with Crippen LogP contribution in [0.1, 0.15) is 17.9 Å². The summed E-state index contributed by atoms with van der Waals surface area (Å²) in [7, 11) is -0.981. The molecule has 0 heterocycles. The molecule has 0 saturated carbocycles. The number of aliphatic hydroxyl groups excluding tert-OH is 1. The third-order valence-electron chi connectivity index (χ3n) is 2.84. The lowest BCUT2D eigenvalue weighted by molar-refractivity contribution is 0.154. The van der Waals surface area contributed by atoms with Crippen molar-refractivity contribution in [3.8, 4) is 0 Å². The van der Waals surface area contributed by atoms with Gasteiger partial charge in [-0.25, -0.2) is 0 Å². The molecular weight excluding hydrogens is 251 g/mol. The molecule has 0 saturated heterocycles. The van der Waals surface area contributed by atoms with Gasteiger partial charge in [-0.2, -0.15) is 0 Å². The fraction of sp³-hybridized carbons (Fsp3) is 0.385. The van der Waals surface area contributed by atoms with E-state index in [0.717, 1.165) is 5.56 Å². The first-order valence-corrected chi connectivity index (χ1v) is 7.25. The van der Waals surface area contributed by atoms with E-state index in [4.69, 9.17) is 9.05 Å². The molecule has 100 valence electrons. The highest BCUT2D eigenvalue weighted by molar-refractivity contribution is 7.54. The molecule has 0 spiro atoms. The number of hydrogen-bond acceptors (Lipinski definition) is 4. The number of aliphatic hydroxyl groups is 1. The number of allylic oxidation sites excluding steroid dienone is 1. The maximum atomic E-state index is 12.2. The Balaban J connectivity index is 3.06. The van der Waals surface area contributed by atoms with Gasteiger partial charge in [0.25, 0.3) is 0 Å². The topological polar surface area (TPSA) is 55.8 Å². The van der Waals surface area contributed by atoms with Crippen molar-refractivity contribution in [3.05, 3.63) is 48.6 Å². The van der Waals surface area contributed by atoms with Gasteiger partial charge in [-0.1, -0.05) is 36.4 Å². The molecule has 2 atom stereocenters. The molecule has 0 aliphatic heterocycles. The van der Waals surface area contributed by atoms with E-state index >= 15 is 0 Å². The first-order chi connectivity index (χ1) is 8.59. The average molecular weight is 270 g/mol. The number of hydrogen-bond donors (Lipinski definition) is 1. The zero-order valence-electron chi connectivity index (χ0n) is 10.7. The second-order valence-corrected chi connectivity index (χ2v) is 6.20. The van der Waals surface area contributed by atoms with E-state index in [-0.39, 0.29) is 5.92 Å². The van der Waals surface area contributed by atoms with Gasteiger partial charge in [-0.15, -0.1) is 6.58 Å². The molecule has 18 heavy (non-hydrogen) atoms. The van der Waals surface area contributed by atoms with Crippen LogP contribution >= 0.6 is 7.60 Å². The second-order valence-electron chi connectivity index (χ2n) is 3.86. The van der Waals surface area contributed by atoms with Crippen LogP contribution in [0.5, 0.6) is 0 Å². The Labute approximate surface area is 108 Å². The summed E-state index contributed by atoms with van der Waals surface area (Å²) >= 11 is 0. The van der Waals surface area contributed by atoms with Gasteiger partial charge >= 0.3 is 7.60 Å². The van der Waals surface area contributed by atoms with Crippen molar-refractivity contribution in [3.63, 3.8) is 0 Å². The zero-order valence-corrected chi connectivity index (χ0v) is 11.5. The Morgan fingerprint density at radius 1 is 1.33 bits per heavy atom. The molecule has 1 aromatic carbocycles. The summed E-state index contributed by atoms with van der Waals surface area (Å²) in [5.41, 5.74) is 0.874. The van der Waals surface area contributed by atoms with Crippen molar-refractivity contribution in [2.45, 2.75) is 18.2 Å². The van der Waals surface area contributed by atoms with E-state index in [1.807, 2.05) is 30.3 Å². The van der Waals surface area contributed by atoms with Crippen LogP contribution in [0.2, 0.25) is 0 Å². The van der Waals surface area contributed by atoms with Gasteiger partial charge in [0.2, 0.25) is 0 Å². The van der Waals surface area contributed by atoms with E-state index in [9.17, 15) is 9.67 Å². The van der Waals surface area contributed by atoms with E-state index in [1.54, 1.807) is 6.08 Å². The van der Waals surface area contributed by atoms with Gasteiger partial charge in [0.15, 0.2) is 5.85 Å². The summed E-state index contributed by atoms with van der Waals surface area (Å²) in [6.07, 6.45) is 2.17. The van der Waals surface area contributed by atoms with Gasteiger partial charge in [0.05, 0.1) is 0 Å². The Hall–Kier alpha value is -0.930. The van der Waals surface area contributed by atoms with E-state index < -0.39 is 13.4 Å². The molecule has 0 radical (unpaired) electrons. The Bertz CT molecular complexity index is 410. The molecule has 1 N–H and O–H groups in total. The fourth-order valence-electron chi connectivity index (χ4n) is 1.82. The molecule has 0 unspecified atom stereocenters. The summed E-state index contributed by atoms with van der Waals surface area (Å²) in [6.45, 7) is 3.66. The highest BCUT2D eigenvalue weighted by Gasteiger charge is 2.38. The van der Waals surface area contributed by atoms with E-state index in [1.165, 1.54) is 14.2 Å². The summed E-state index contributed by atoms with van der Waals surface area (Å²) in [4.78, 5) is 0. The highest BCUT2D eigenvalue weighted by Crippen LogP contribution is 2.55. The Morgan fingerprint density at radius 3 is 2.33 bits per heavy atom. The first-order valence-electron chi connectivity index (χ1n) is 5.64. The van der Waals surface area contributed by atoms with Crippen molar-refractivity contribution >= 4 is 7.60 Å². The smallest absolute Gasteiger partial charge is 0.358 e. The maximum absolute atomic E-state index is 12.2. The van der Waals surface area contributed by atoms with Crippen molar-refractivity contribution in [2.24, 2.45) is 0 Å². The summed E-state index contributed by atoms with van der Waals surface area (Å²) in [5.74, 6) is -1.58. The quantitative estimate of drug-likeness (QED) is 0.611. The van der Waals surface area contributed by atoms with Crippen molar-refractivity contribution < 1.29 is 18.7 Å². The van der Waals surface area contributed by atoms with Gasteiger partial charge in [-0.05, 0) is 12.0 Å². The number of benzene rings is 1. The van der Waals surface area contributed by atoms with E-state index in [2.05, 4.69) is 6.58 Å². The maximum Gasteiger partial charge on any atom is 0.358 e. The third kappa shape index (κ3) is 3.30. The van der Waals surface area contributed by atoms with Crippen LogP contribution in [0.3, 0.4) is 0 Å². The lowest BCUT2D eigenvalue weighted by Gasteiger charge is -2.27. The average Bonchev–Trinajstić information content (AvgIpc) is 2.44. The van der Waals surface area contributed by atoms with Crippen LogP contribution in [0, 0.1) is 0 Å². The van der Waals surface area contributed by atoms with Crippen LogP contribution in [0.15, 0.2) is 43.0 Å². The summed E-state index contributed by atoms with van der Waals surface area (Å²) < 4.78 is 21.9. The van der Waals surface area contributed by atoms with Gasteiger partial charge in [0, 0.05) is 20.1 Å². The minimum Gasteiger partial charge on any atom is -0.380 e. The lowest BCUT2D eigenvalue weighted by atomic mass is 9.96. The fourth-order valence-corrected chi connectivity index (χ4v) is 3.14. The Morgan fingerprint density at radius 2 is 1.89 bits per heavy atom. The molecule has 0 aliphatic rings. The van der Waals surface area contributed by atoms with Crippen molar-refractivity contribution in [1.82, 2.24) is 0 Å². The first kappa shape index (κ1) is 15.1. The minimum atomic E-state index is -3.52. The second kappa shape index (κ2) is 6.86. The predicted molar refractivity (Wildman–Crippen MR) is 71.6 cm³/mol. The molecule has 0 fully saturated rings. The molecule has 0 bridgehead atoms. The van der Waals surface area contributed by atoms with Crippen molar-refractivity contribution in [2.75, 3.05) is 14.2 Å². The highest BCUT2D eigenvalue weighted by atomic mass is 31.2. The molecule has 0 aliphatic carbocycles. The third-order valence-corrected chi connectivity index (χ3v) is 4.87. The number of rotatable bonds is 7.